The highest BCUT2D eigenvalue weighted by Gasteiger charge is 2.48. The van der Waals surface area contributed by atoms with Gasteiger partial charge in [0.15, 0.2) is 6.29 Å². The molecule has 1 heterocycles. The molecule has 13 unspecified atom stereocenters. The van der Waals surface area contributed by atoms with Crippen LogP contribution in [-0.4, -0.2) is 114 Å². The highest BCUT2D eigenvalue weighted by Crippen LogP contribution is 2.32. The van der Waals surface area contributed by atoms with E-state index in [1.54, 1.807) is 0 Å². The van der Waals surface area contributed by atoms with Gasteiger partial charge in [0.2, 0.25) is 0 Å². The summed E-state index contributed by atoms with van der Waals surface area (Å²) in [6, 6.07) is -1.60. The van der Waals surface area contributed by atoms with Crippen molar-refractivity contribution >= 4 is 0 Å². The average Bonchev–Trinajstić information content (AvgIpc) is 2.71. The van der Waals surface area contributed by atoms with Crippen molar-refractivity contribution in [2.45, 2.75) is 106 Å². The van der Waals surface area contributed by atoms with E-state index in [0.717, 1.165) is 0 Å². The van der Waals surface area contributed by atoms with Gasteiger partial charge in [-0.1, -0.05) is 0 Å². The minimum atomic E-state index is -1.13. The Kier molecular flexibility index (Phi) is 8.89. The van der Waals surface area contributed by atoms with Crippen molar-refractivity contribution in [3.8, 4) is 0 Å². The molecule has 0 aromatic carbocycles. The lowest BCUT2D eigenvalue weighted by atomic mass is 9.80. The van der Waals surface area contributed by atoms with E-state index in [-0.39, 0.29) is 18.1 Å². The maximum Gasteiger partial charge on any atom is 0.185 e. The van der Waals surface area contributed by atoms with Crippen LogP contribution in [0.1, 0.15) is 32.6 Å². The smallest absolute Gasteiger partial charge is 0.185 e. The summed E-state index contributed by atoms with van der Waals surface area (Å²) in [5.41, 5.74) is 24.6. The first-order valence-corrected chi connectivity index (χ1v) is 11.7. The van der Waals surface area contributed by atoms with Crippen molar-refractivity contribution in [1.29, 1.82) is 0 Å². The van der Waals surface area contributed by atoms with E-state index < -0.39 is 61.0 Å². The Morgan fingerprint density at radius 3 is 2.09 bits per heavy atom. The molecule has 0 aromatic rings. The Morgan fingerprint density at radius 1 is 0.875 bits per heavy atom. The zero-order valence-corrected chi connectivity index (χ0v) is 19.4. The summed E-state index contributed by atoms with van der Waals surface area (Å²) >= 11 is 0. The second-order valence-electron chi connectivity index (χ2n) is 10.1. The number of hydrogen-bond donors (Lipinski definition) is 7. The third kappa shape index (κ3) is 5.61. The molecule has 188 valence electrons. The van der Waals surface area contributed by atoms with Crippen LogP contribution < -0.4 is 22.9 Å². The number of aliphatic hydroxyl groups is 3. The second-order valence-corrected chi connectivity index (χ2v) is 10.1. The summed E-state index contributed by atoms with van der Waals surface area (Å²) in [5.74, 6) is -0.124. The van der Waals surface area contributed by atoms with Gasteiger partial charge in [-0.15, -0.1) is 0 Å². The summed E-state index contributed by atoms with van der Waals surface area (Å²) in [6.07, 6.45) is -3.75. The van der Waals surface area contributed by atoms with Gasteiger partial charge in [-0.05, 0) is 59.2 Å². The Morgan fingerprint density at radius 2 is 1.50 bits per heavy atom. The summed E-state index contributed by atoms with van der Waals surface area (Å²) < 4.78 is 18.1. The third-order valence-corrected chi connectivity index (χ3v) is 7.33. The van der Waals surface area contributed by atoms with E-state index in [9.17, 15) is 15.3 Å². The SMILES string of the molecule is CC1CC(N(C)C)C(O)C(OC2C(N)CC(N)C(OC3CC(CN)C(O)CC3N)C2O)O1. The molecule has 2 aliphatic carbocycles. The fraction of sp³-hybridized carbons (Fsp3) is 1.00. The highest BCUT2D eigenvalue weighted by atomic mass is 16.7. The fourth-order valence-corrected chi connectivity index (χ4v) is 5.31. The van der Waals surface area contributed by atoms with Crippen LogP contribution in [0.3, 0.4) is 0 Å². The van der Waals surface area contributed by atoms with Gasteiger partial charge in [0.05, 0.1) is 18.3 Å². The molecule has 3 fully saturated rings. The van der Waals surface area contributed by atoms with Crippen molar-refractivity contribution in [2.75, 3.05) is 20.6 Å². The lowest BCUT2D eigenvalue weighted by Crippen LogP contribution is -2.66. The average molecular weight is 462 g/mol. The van der Waals surface area contributed by atoms with Gasteiger partial charge >= 0.3 is 0 Å². The summed E-state index contributed by atoms with van der Waals surface area (Å²) in [6.45, 7) is 2.25. The van der Waals surface area contributed by atoms with E-state index in [2.05, 4.69) is 0 Å². The Hall–Kier alpha value is -0.440. The maximum atomic E-state index is 11.1. The fourth-order valence-electron chi connectivity index (χ4n) is 5.31. The molecular formula is C21H43N5O6. The van der Waals surface area contributed by atoms with Gasteiger partial charge in [0.1, 0.15) is 24.4 Å². The predicted molar refractivity (Wildman–Crippen MR) is 118 cm³/mol. The third-order valence-electron chi connectivity index (χ3n) is 7.33. The molecule has 0 bridgehead atoms. The van der Waals surface area contributed by atoms with Crippen molar-refractivity contribution in [1.82, 2.24) is 4.90 Å². The van der Waals surface area contributed by atoms with Crippen LogP contribution in [0.4, 0.5) is 0 Å². The zero-order chi connectivity index (χ0) is 23.7. The number of aliphatic hydroxyl groups excluding tert-OH is 3. The van der Waals surface area contributed by atoms with Gasteiger partial charge in [-0.25, -0.2) is 0 Å². The minimum absolute atomic E-state index is 0.123. The molecule has 0 spiro atoms. The van der Waals surface area contributed by atoms with Crippen molar-refractivity contribution < 1.29 is 29.5 Å². The first-order valence-electron chi connectivity index (χ1n) is 11.7. The summed E-state index contributed by atoms with van der Waals surface area (Å²) in [4.78, 5) is 1.94. The van der Waals surface area contributed by atoms with Crippen molar-refractivity contribution in [3.05, 3.63) is 0 Å². The van der Waals surface area contributed by atoms with Gasteiger partial charge in [-0.3, -0.25) is 0 Å². The molecule has 2 saturated carbocycles. The van der Waals surface area contributed by atoms with Crippen LogP contribution in [0.5, 0.6) is 0 Å². The Bertz CT molecular complexity index is 603. The van der Waals surface area contributed by atoms with Crippen LogP contribution >= 0.6 is 0 Å². The molecule has 3 rings (SSSR count). The Labute approximate surface area is 190 Å². The number of nitrogens with two attached hydrogens (primary N) is 4. The van der Waals surface area contributed by atoms with Crippen LogP contribution in [0.2, 0.25) is 0 Å². The minimum Gasteiger partial charge on any atom is -0.393 e. The van der Waals surface area contributed by atoms with Gasteiger partial charge in [-0.2, -0.15) is 0 Å². The highest BCUT2D eigenvalue weighted by molar-refractivity contribution is 5.01. The molecule has 11 nitrogen and oxygen atoms in total. The topological polar surface area (TPSA) is 196 Å². The molecule has 11 N–H and O–H groups in total. The van der Waals surface area contributed by atoms with Crippen molar-refractivity contribution in [2.24, 2.45) is 28.9 Å². The van der Waals surface area contributed by atoms with E-state index in [4.69, 9.17) is 37.1 Å². The van der Waals surface area contributed by atoms with Crippen LogP contribution in [0.25, 0.3) is 0 Å². The summed E-state index contributed by atoms with van der Waals surface area (Å²) in [5, 5.41) is 32.1. The number of rotatable bonds is 6. The molecule has 1 saturated heterocycles. The van der Waals surface area contributed by atoms with E-state index in [0.29, 0.717) is 32.2 Å². The lowest BCUT2D eigenvalue weighted by molar-refractivity contribution is -0.291. The molecule has 13 atom stereocenters. The van der Waals surface area contributed by atoms with Gasteiger partial charge in [0.25, 0.3) is 0 Å². The Balaban J connectivity index is 1.70. The van der Waals surface area contributed by atoms with Gasteiger partial charge in [0, 0.05) is 24.2 Å². The lowest BCUT2D eigenvalue weighted by Gasteiger charge is -2.48. The first-order chi connectivity index (χ1) is 15.0. The summed E-state index contributed by atoms with van der Waals surface area (Å²) in [7, 11) is 3.79. The van der Waals surface area contributed by atoms with Crippen molar-refractivity contribution in [3.63, 3.8) is 0 Å². The quantitative estimate of drug-likeness (QED) is 0.213. The molecular weight excluding hydrogens is 418 g/mol. The maximum absolute atomic E-state index is 11.1. The standard InChI is InChI=1S/C21H43N5O6/c1-9-4-14(26(2)3)17(28)21(30-9)32-20-13(25)6-12(24)19(18(20)29)31-16-5-10(8-22)15(27)7-11(16)23/h9-21,27-29H,4-8,22-25H2,1-3H3. The number of ether oxygens (including phenoxy) is 3. The monoisotopic (exact) mass is 461 g/mol. The van der Waals surface area contributed by atoms with Crippen LogP contribution in [0.15, 0.2) is 0 Å². The number of hydrogen-bond acceptors (Lipinski definition) is 11. The molecule has 3 aliphatic rings. The van der Waals surface area contributed by atoms with E-state index >= 15 is 0 Å². The molecule has 11 heteroatoms. The predicted octanol–water partition coefficient (Wildman–Crippen LogP) is -2.97. The zero-order valence-electron chi connectivity index (χ0n) is 19.4. The molecule has 1 aliphatic heterocycles. The molecule has 32 heavy (non-hydrogen) atoms. The number of likely N-dealkylation sites (N-methyl/N-ethyl adjacent to an activating group) is 1. The van der Waals surface area contributed by atoms with E-state index in [1.165, 1.54) is 0 Å². The first kappa shape index (κ1) is 26.2. The van der Waals surface area contributed by atoms with Gasteiger partial charge < -0.3 is 57.4 Å². The van der Waals surface area contributed by atoms with Crippen LogP contribution in [-0.2, 0) is 14.2 Å². The molecule has 0 radical (unpaired) electrons. The largest absolute Gasteiger partial charge is 0.393 e. The second kappa shape index (κ2) is 10.9. The normalized spacial score (nSPS) is 50.5. The molecule has 0 aromatic heterocycles. The van der Waals surface area contributed by atoms with E-state index in [1.807, 2.05) is 25.9 Å². The van der Waals surface area contributed by atoms with Crippen LogP contribution in [0, 0.1) is 5.92 Å². The number of nitrogens with zero attached hydrogens (tertiary/aromatic N) is 1. The molecule has 0 amide bonds.